The Kier molecular flexibility index (Phi) is 6.04. The van der Waals surface area contributed by atoms with E-state index in [4.69, 9.17) is 10.2 Å². The lowest BCUT2D eigenvalue weighted by Crippen LogP contribution is -2.50. The third kappa shape index (κ3) is 5.05. The Morgan fingerprint density at radius 2 is 2.00 bits per heavy atom. The Morgan fingerprint density at radius 3 is 2.50 bits per heavy atom. The van der Waals surface area contributed by atoms with Crippen molar-refractivity contribution < 1.29 is 9.21 Å². The fourth-order valence-corrected chi connectivity index (χ4v) is 2.89. The number of carbonyl (C=O) groups is 1. The van der Waals surface area contributed by atoms with E-state index in [-0.39, 0.29) is 11.3 Å². The van der Waals surface area contributed by atoms with Crippen molar-refractivity contribution in [2.45, 2.75) is 60.0 Å². The lowest BCUT2D eigenvalue weighted by atomic mass is 9.86. The van der Waals surface area contributed by atoms with Crippen LogP contribution in [0, 0.1) is 25.2 Å². The second-order valence-electron chi connectivity index (χ2n) is 8.06. The van der Waals surface area contributed by atoms with Crippen LogP contribution in [-0.2, 0) is 11.3 Å². The van der Waals surface area contributed by atoms with Crippen molar-refractivity contribution in [3.8, 4) is 0 Å². The maximum atomic E-state index is 12.1. The third-order valence-corrected chi connectivity index (χ3v) is 4.92. The van der Waals surface area contributed by atoms with Crippen LogP contribution in [0.4, 0.5) is 0 Å². The van der Waals surface area contributed by atoms with Crippen LogP contribution in [0.5, 0.6) is 0 Å². The van der Waals surface area contributed by atoms with Gasteiger partial charge in [0.05, 0.1) is 18.3 Å². The molecule has 2 rings (SSSR count). The first-order valence-electron chi connectivity index (χ1n) is 8.85. The van der Waals surface area contributed by atoms with Crippen molar-refractivity contribution in [3.63, 3.8) is 0 Å². The fourth-order valence-electron chi connectivity index (χ4n) is 2.89. The summed E-state index contributed by atoms with van der Waals surface area (Å²) in [6.07, 6.45) is 2.15. The molecular formula is C18H32N4O2. The minimum Gasteiger partial charge on any atom is -0.444 e. The molecule has 0 aliphatic carbocycles. The molecule has 1 aromatic rings. The summed E-state index contributed by atoms with van der Waals surface area (Å²) < 4.78 is 5.66. The molecule has 1 saturated heterocycles. The van der Waals surface area contributed by atoms with E-state index >= 15 is 0 Å². The molecular weight excluding hydrogens is 304 g/mol. The van der Waals surface area contributed by atoms with Gasteiger partial charge in [-0.2, -0.15) is 0 Å². The van der Waals surface area contributed by atoms with Gasteiger partial charge in [-0.05, 0) is 51.1 Å². The highest BCUT2D eigenvalue weighted by Crippen LogP contribution is 2.20. The van der Waals surface area contributed by atoms with Gasteiger partial charge in [-0.1, -0.05) is 20.8 Å². The largest absolute Gasteiger partial charge is 0.444 e. The highest BCUT2D eigenvalue weighted by Gasteiger charge is 2.28. The van der Waals surface area contributed by atoms with Crippen molar-refractivity contribution >= 4 is 5.91 Å². The van der Waals surface area contributed by atoms with Gasteiger partial charge in [0.25, 0.3) is 0 Å². The van der Waals surface area contributed by atoms with Crippen molar-refractivity contribution in [1.29, 1.82) is 0 Å². The molecule has 0 unspecified atom stereocenters. The molecule has 0 bridgehead atoms. The predicted octanol–water partition coefficient (Wildman–Crippen LogP) is 1.99. The number of carbonyl (C=O) groups excluding carboxylic acids is 1. The topological polar surface area (TPSA) is 84.4 Å². The highest BCUT2D eigenvalue weighted by molar-refractivity contribution is 5.82. The molecule has 1 amide bonds. The Labute approximate surface area is 145 Å². The number of nitrogens with two attached hydrogens (primary N) is 1. The molecule has 24 heavy (non-hydrogen) atoms. The van der Waals surface area contributed by atoms with Crippen LogP contribution >= 0.6 is 0 Å². The maximum absolute atomic E-state index is 12.1. The van der Waals surface area contributed by atoms with Crippen LogP contribution in [0.15, 0.2) is 4.42 Å². The quantitative estimate of drug-likeness (QED) is 0.859. The van der Waals surface area contributed by atoms with Gasteiger partial charge in [-0.15, -0.1) is 0 Å². The van der Waals surface area contributed by atoms with Crippen molar-refractivity contribution in [3.05, 3.63) is 17.3 Å². The number of aromatic nitrogens is 1. The van der Waals surface area contributed by atoms with Gasteiger partial charge < -0.3 is 15.5 Å². The predicted molar refractivity (Wildman–Crippen MR) is 94.4 cm³/mol. The summed E-state index contributed by atoms with van der Waals surface area (Å²) in [6, 6.07) is -0.464. The minimum atomic E-state index is -0.464. The Bertz CT molecular complexity index is 534. The fraction of sp³-hybridized carbons (Fsp3) is 0.778. The number of nitrogens with one attached hydrogen (secondary N) is 1. The van der Waals surface area contributed by atoms with E-state index in [2.05, 4.69) is 15.2 Å². The van der Waals surface area contributed by atoms with Crippen LogP contribution in [0.25, 0.3) is 0 Å². The first-order chi connectivity index (χ1) is 11.2. The normalized spacial score (nSPS) is 18.6. The number of amides is 1. The summed E-state index contributed by atoms with van der Waals surface area (Å²) in [4.78, 5) is 18.9. The van der Waals surface area contributed by atoms with Gasteiger partial charge >= 0.3 is 0 Å². The van der Waals surface area contributed by atoms with Crippen LogP contribution in [-0.4, -0.2) is 41.5 Å². The lowest BCUT2D eigenvalue weighted by molar-refractivity contribution is -0.124. The monoisotopic (exact) mass is 336 g/mol. The number of aryl methyl sites for hydroxylation is 2. The Hall–Kier alpha value is -1.40. The standard InChI is InChI=1S/C18H32N4O2/c1-12-13(2)24-15(21-12)11-22-8-6-14(7-9-22)10-20-17(23)16(19)18(3,4)5/h14,16H,6-11,19H2,1-5H3,(H,20,23)/t16-/m1/s1. The molecule has 1 aliphatic heterocycles. The highest BCUT2D eigenvalue weighted by atomic mass is 16.4. The van der Waals surface area contributed by atoms with Crippen molar-refractivity contribution in [2.75, 3.05) is 19.6 Å². The number of hydrogen-bond donors (Lipinski definition) is 2. The number of rotatable bonds is 5. The maximum Gasteiger partial charge on any atom is 0.237 e. The van der Waals surface area contributed by atoms with Crippen molar-refractivity contribution in [1.82, 2.24) is 15.2 Å². The molecule has 136 valence electrons. The van der Waals surface area contributed by atoms with E-state index in [1.165, 1.54) is 0 Å². The molecule has 2 heterocycles. The van der Waals surface area contributed by atoms with E-state index < -0.39 is 6.04 Å². The molecule has 0 radical (unpaired) electrons. The zero-order valence-electron chi connectivity index (χ0n) is 15.7. The number of nitrogens with zero attached hydrogens (tertiary/aromatic N) is 2. The van der Waals surface area contributed by atoms with Crippen LogP contribution in [0.2, 0.25) is 0 Å². The molecule has 6 nitrogen and oxygen atoms in total. The van der Waals surface area contributed by atoms with E-state index in [0.29, 0.717) is 12.5 Å². The number of likely N-dealkylation sites (tertiary alicyclic amines) is 1. The third-order valence-electron chi connectivity index (χ3n) is 4.92. The van der Waals surface area contributed by atoms with Gasteiger partial charge in [-0.3, -0.25) is 9.69 Å². The smallest absolute Gasteiger partial charge is 0.237 e. The zero-order valence-corrected chi connectivity index (χ0v) is 15.7. The van der Waals surface area contributed by atoms with E-state index in [0.717, 1.165) is 49.8 Å². The van der Waals surface area contributed by atoms with E-state index in [1.54, 1.807) is 0 Å². The number of piperidine rings is 1. The Balaban J connectivity index is 1.72. The summed E-state index contributed by atoms with van der Waals surface area (Å²) in [6.45, 7) is 13.4. The summed E-state index contributed by atoms with van der Waals surface area (Å²) in [7, 11) is 0. The first kappa shape index (κ1) is 18.9. The second kappa shape index (κ2) is 7.66. The van der Waals surface area contributed by atoms with Gasteiger partial charge in [-0.25, -0.2) is 4.98 Å². The minimum absolute atomic E-state index is 0.0457. The molecule has 0 aromatic carbocycles. The van der Waals surface area contributed by atoms with Crippen LogP contribution in [0.3, 0.4) is 0 Å². The SMILES string of the molecule is Cc1nc(CN2CCC(CNC(=O)[C@@H](N)C(C)(C)C)CC2)oc1C. The second-order valence-corrected chi connectivity index (χ2v) is 8.06. The molecule has 6 heteroatoms. The molecule has 1 aromatic heterocycles. The van der Waals surface area contributed by atoms with Crippen LogP contribution < -0.4 is 11.1 Å². The van der Waals surface area contributed by atoms with Gasteiger partial charge in [0.2, 0.25) is 11.8 Å². The van der Waals surface area contributed by atoms with E-state index in [1.807, 2.05) is 34.6 Å². The summed E-state index contributed by atoms with van der Waals surface area (Å²) in [5.41, 5.74) is 6.76. The summed E-state index contributed by atoms with van der Waals surface area (Å²) in [5, 5.41) is 3.02. The van der Waals surface area contributed by atoms with Gasteiger partial charge in [0.1, 0.15) is 5.76 Å². The Morgan fingerprint density at radius 1 is 1.38 bits per heavy atom. The lowest BCUT2D eigenvalue weighted by Gasteiger charge is -2.32. The molecule has 1 fully saturated rings. The van der Waals surface area contributed by atoms with Gasteiger partial charge in [0, 0.05) is 6.54 Å². The number of hydrogen-bond acceptors (Lipinski definition) is 5. The first-order valence-corrected chi connectivity index (χ1v) is 8.85. The number of oxazole rings is 1. The molecule has 1 atom stereocenters. The van der Waals surface area contributed by atoms with E-state index in [9.17, 15) is 4.79 Å². The summed E-state index contributed by atoms with van der Waals surface area (Å²) >= 11 is 0. The summed E-state index contributed by atoms with van der Waals surface area (Å²) in [5.74, 6) is 2.17. The average Bonchev–Trinajstić information content (AvgIpc) is 2.82. The average molecular weight is 336 g/mol. The van der Waals surface area contributed by atoms with Crippen molar-refractivity contribution in [2.24, 2.45) is 17.1 Å². The molecule has 0 saturated carbocycles. The van der Waals surface area contributed by atoms with Gasteiger partial charge in [0.15, 0.2) is 0 Å². The molecule has 1 aliphatic rings. The molecule has 3 N–H and O–H groups in total. The zero-order chi connectivity index (χ0) is 17.9. The van der Waals surface area contributed by atoms with Crippen LogP contribution in [0.1, 0.15) is 51.0 Å². The molecule has 0 spiro atoms.